The number of carbonyl (C=O) groups is 1. The van der Waals surface area contributed by atoms with Crippen molar-refractivity contribution in [2.24, 2.45) is 0 Å². The first-order valence-electron chi connectivity index (χ1n) is 8.24. The molecule has 2 aromatic carbocycles. The van der Waals surface area contributed by atoms with E-state index in [1.165, 1.54) is 19.2 Å². The zero-order chi connectivity index (χ0) is 18.7. The Bertz CT molecular complexity index is 916. The van der Waals surface area contributed by atoms with Gasteiger partial charge in [0.25, 0.3) is 15.9 Å². The fourth-order valence-electron chi connectivity index (χ4n) is 2.81. The van der Waals surface area contributed by atoms with Gasteiger partial charge < -0.3 is 10.2 Å². The summed E-state index contributed by atoms with van der Waals surface area (Å²) in [6.07, 6.45) is 0. The Balaban J connectivity index is 0.00000261. The first-order chi connectivity index (χ1) is 12.4. The zero-order valence-corrected chi connectivity index (χ0v) is 17.1. The Labute approximate surface area is 170 Å². The number of nitrogens with one attached hydrogen (secondary N) is 1. The van der Waals surface area contributed by atoms with Gasteiger partial charge in [-0.1, -0.05) is 23.7 Å². The fourth-order valence-corrected chi connectivity index (χ4v) is 4.23. The number of amides is 1. The van der Waals surface area contributed by atoms with Gasteiger partial charge in [0.2, 0.25) is 0 Å². The molecule has 0 radical (unpaired) electrons. The average Bonchev–Trinajstić information content (AvgIpc) is 2.67. The summed E-state index contributed by atoms with van der Waals surface area (Å²) in [5.74, 6) is -0.158. The maximum atomic E-state index is 12.9. The summed E-state index contributed by atoms with van der Waals surface area (Å²) in [5, 5.41) is 3.64. The molecule has 1 amide bonds. The number of sulfonamides is 1. The van der Waals surface area contributed by atoms with Crippen LogP contribution in [-0.4, -0.2) is 52.5 Å². The van der Waals surface area contributed by atoms with E-state index >= 15 is 0 Å². The number of carbonyl (C=O) groups excluding carboxylic acids is 1. The minimum atomic E-state index is -3.80. The van der Waals surface area contributed by atoms with Crippen molar-refractivity contribution in [3.8, 4) is 0 Å². The Hall–Kier alpha value is -1.80. The molecule has 1 aliphatic rings. The minimum absolute atomic E-state index is 0. The van der Waals surface area contributed by atoms with Crippen molar-refractivity contribution in [3.63, 3.8) is 0 Å². The highest BCUT2D eigenvalue weighted by Crippen LogP contribution is 2.25. The summed E-state index contributed by atoms with van der Waals surface area (Å²) in [6.45, 7) is 2.69. The van der Waals surface area contributed by atoms with E-state index in [1.54, 1.807) is 41.3 Å². The van der Waals surface area contributed by atoms with Gasteiger partial charge in [-0.15, -0.1) is 12.4 Å². The number of benzene rings is 2. The molecule has 0 bridgehead atoms. The number of hydrogen-bond donors (Lipinski definition) is 1. The maximum absolute atomic E-state index is 12.9. The zero-order valence-electron chi connectivity index (χ0n) is 14.8. The number of anilines is 1. The second kappa shape index (κ2) is 8.93. The van der Waals surface area contributed by atoms with Crippen LogP contribution in [-0.2, 0) is 10.0 Å². The number of piperazine rings is 1. The third kappa shape index (κ3) is 4.73. The van der Waals surface area contributed by atoms with Gasteiger partial charge in [0.1, 0.15) is 0 Å². The monoisotopic (exact) mass is 429 g/mol. The highest BCUT2D eigenvalue weighted by molar-refractivity contribution is 7.92. The van der Waals surface area contributed by atoms with E-state index in [2.05, 4.69) is 5.32 Å². The quantitative estimate of drug-likeness (QED) is 0.810. The average molecular weight is 430 g/mol. The van der Waals surface area contributed by atoms with Gasteiger partial charge in [0.15, 0.2) is 0 Å². The molecule has 9 heteroatoms. The molecule has 6 nitrogen and oxygen atoms in total. The molecule has 146 valence electrons. The van der Waals surface area contributed by atoms with Crippen molar-refractivity contribution in [2.45, 2.75) is 4.90 Å². The highest BCUT2D eigenvalue weighted by atomic mass is 35.5. The predicted octanol–water partition coefficient (Wildman–Crippen LogP) is 2.63. The summed E-state index contributed by atoms with van der Waals surface area (Å²) >= 11 is 5.96. The number of halogens is 2. The van der Waals surface area contributed by atoms with Crippen molar-refractivity contribution in [1.82, 2.24) is 10.2 Å². The standard InChI is InChI=1S/C18H20ClN3O3S.ClH/c1-21(16-6-3-5-15(19)13-16)26(24,25)17-7-2-4-14(12-17)18(23)22-10-8-20-9-11-22;/h2-7,12-13,20H,8-11H2,1H3;1H. The van der Waals surface area contributed by atoms with Crippen LogP contribution in [0.5, 0.6) is 0 Å². The van der Waals surface area contributed by atoms with E-state index in [4.69, 9.17) is 11.6 Å². The van der Waals surface area contributed by atoms with Gasteiger partial charge in [0.05, 0.1) is 10.6 Å². The van der Waals surface area contributed by atoms with Crippen LogP contribution in [0.1, 0.15) is 10.4 Å². The molecular weight excluding hydrogens is 409 g/mol. The van der Waals surface area contributed by atoms with Crippen LogP contribution in [0.4, 0.5) is 5.69 Å². The van der Waals surface area contributed by atoms with Crippen molar-refractivity contribution in [3.05, 3.63) is 59.1 Å². The molecule has 1 N–H and O–H groups in total. The molecule has 27 heavy (non-hydrogen) atoms. The molecule has 1 saturated heterocycles. The minimum Gasteiger partial charge on any atom is -0.336 e. The van der Waals surface area contributed by atoms with E-state index in [9.17, 15) is 13.2 Å². The molecule has 2 aromatic rings. The molecule has 0 atom stereocenters. The van der Waals surface area contributed by atoms with E-state index < -0.39 is 10.0 Å². The summed E-state index contributed by atoms with van der Waals surface area (Å²) in [6, 6.07) is 12.8. The second-order valence-corrected chi connectivity index (χ2v) is 8.43. The van der Waals surface area contributed by atoms with Gasteiger partial charge in [-0.3, -0.25) is 9.10 Å². The van der Waals surface area contributed by atoms with Gasteiger partial charge in [0, 0.05) is 43.8 Å². The number of hydrogen-bond acceptors (Lipinski definition) is 4. The molecule has 1 heterocycles. The van der Waals surface area contributed by atoms with Crippen LogP contribution in [0.3, 0.4) is 0 Å². The van der Waals surface area contributed by atoms with Crippen molar-refractivity contribution >= 4 is 45.6 Å². The highest BCUT2D eigenvalue weighted by Gasteiger charge is 2.24. The molecule has 0 aliphatic carbocycles. The molecule has 0 spiro atoms. The Morgan fingerprint density at radius 2 is 1.78 bits per heavy atom. The topological polar surface area (TPSA) is 69.7 Å². The molecule has 1 aliphatic heterocycles. The first kappa shape index (κ1) is 21.5. The van der Waals surface area contributed by atoms with E-state index in [0.29, 0.717) is 29.4 Å². The van der Waals surface area contributed by atoms with E-state index in [0.717, 1.165) is 17.4 Å². The second-order valence-electron chi connectivity index (χ2n) is 6.02. The largest absolute Gasteiger partial charge is 0.336 e. The van der Waals surface area contributed by atoms with Crippen molar-refractivity contribution in [1.29, 1.82) is 0 Å². The molecule has 0 unspecified atom stereocenters. The van der Waals surface area contributed by atoms with Crippen LogP contribution < -0.4 is 9.62 Å². The lowest BCUT2D eigenvalue weighted by Gasteiger charge is -2.27. The summed E-state index contributed by atoms with van der Waals surface area (Å²) in [5.41, 5.74) is 0.823. The first-order valence-corrected chi connectivity index (χ1v) is 10.1. The number of rotatable bonds is 4. The Morgan fingerprint density at radius 1 is 1.11 bits per heavy atom. The maximum Gasteiger partial charge on any atom is 0.264 e. The third-order valence-electron chi connectivity index (χ3n) is 4.32. The van der Waals surface area contributed by atoms with Crippen LogP contribution in [0, 0.1) is 0 Å². The van der Waals surface area contributed by atoms with E-state index in [1.807, 2.05) is 0 Å². The molecular formula is C18H21Cl2N3O3S. The smallest absolute Gasteiger partial charge is 0.264 e. The van der Waals surface area contributed by atoms with Gasteiger partial charge in [-0.05, 0) is 36.4 Å². The Kier molecular flexibility index (Phi) is 7.11. The van der Waals surface area contributed by atoms with E-state index in [-0.39, 0.29) is 23.2 Å². The van der Waals surface area contributed by atoms with Crippen LogP contribution in [0.25, 0.3) is 0 Å². The lowest BCUT2D eigenvalue weighted by molar-refractivity contribution is 0.0735. The normalized spacial score (nSPS) is 14.4. The summed E-state index contributed by atoms with van der Waals surface area (Å²) in [7, 11) is -2.34. The number of nitrogens with zero attached hydrogens (tertiary/aromatic N) is 2. The fraction of sp³-hybridized carbons (Fsp3) is 0.278. The Morgan fingerprint density at radius 3 is 2.44 bits per heavy atom. The van der Waals surface area contributed by atoms with Gasteiger partial charge in [-0.25, -0.2) is 8.42 Å². The molecule has 0 saturated carbocycles. The molecule has 0 aromatic heterocycles. The van der Waals surface area contributed by atoms with Gasteiger partial charge in [-0.2, -0.15) is 0 Å². The third-order valence-corrected chi connectivity index (χ3v) is 6.33. The lowest BCUT2D eigenvalue weighted by Crippen LogP contribution is -2.46. The summed E-state index contributed by atoms with van der Waals surface area (Å²) < 4.78 is 27.0. The SMILES string of the molecule is CN(c1cccc(Cl)c1)S(=O)(=O)c1cccc(C(=O)N2CCNCC2)c1.Cl. The van der Waals surface area contributed by atoms with Gasteiger partial charge >= 0.3 is 0 Å². The van der Waals surface area contributed by atoms with Crippen LogP contribution in [0.2, 0.25) is 5.02 Å². The molecule has 3 rings (SSSR count). The predicted molar refractivity (Wildman–Crippen MR) is 110 cm³/mol. The van der Waals surface area contributed by atoms with Crippen LogP contribution >= 0.6 is 24.0 Å². The van der Waals surface area contributed by atoms with Crippen molar-refractivity contribution < 1.29 is 13.2 Å². The molecule has 1 fully saturated rings. The lowest BCUT2D eigenvalue weighted by atomic mass is 10.2. The van der Waals surface area contributed by atoms with Crippen molar-refractivity contribution in [2.75, 3.05) is 37.5 Å². The summed E-state index contributed by atoms with van der Waals surface area (Å²) in [4.78, 5) is 14.4. The van der Waals surface area contributed by atoms with Crippen LogP contribution in [0.15, 0.2) is 53.4 Å².